The molecule has 0 aliphatic carbocycles. The number of aromatic nitrogens is 3. The molecule has 2 aromatic carbocycles. The lowest BCUT2D eigenvalue weighted by Gasteiger charge is -2.12. The van der Waals surface area contributed by atoms with Gasteiger partial charge >= 0.3 is 0 Å². The van der Waals surface area contributed by atoms with Crippen LogP contribution in [0.2, 0.25) is 5.02 Å². The second-order valence-electron chi connectivity index (χ2n) is 8.34. The van der Waals surface area contributed by atoms with Crippen LogP contribution in [0.1, 0.15) is 12.8 Å². The van der Waals surface area contributed by atoms with Gasteiger partial charge in [0.25, 0.3) is 0 Å². The van der Waals surface area contributed by atoms with Gasteiger partial charge in [0.15, 0.2) is 15.5 Å². The van der Waals surface area contributed by atoms with Crippen LogP contribution in [0, 0.1) is 0 Å². The van der Waals surface area contributed by atoms with E-state index < -0.39 is 19.9 Å². The van der Waals surface area contributed by atoms with Crippen LogP contribution < -0.4 is 15.5 Å². The first-order valence-corrected chi connectivity index (χ1v) is 15.0. The molecule has 0 bridgehead atoms. The average molecular weight is 546 g/mol. The van der Waals surface area contributed by atoms with E-state index in [0.29, 0.717) is 24.4 Å². The number of sulfone groups is 1. The van der Waals surface area contributed by atoms with Gasteiger partial charge in [-0.05, 0) is 48.6 Å². The maximum Gasteiger partial charge on any atom is 0.240 e. The first kappa shape index (κ1) is 26.1. The van der Waals surface area contributed by atoms with Crippen molar-refractivity contribution in [2.75, 3.05) is 24.7 Å². The highest BCUT2D eigenvalue weighted by atomic mass is 35.5. The zero-order valence-corrected chi connectivity index (χ0v) is 22.2. The molecule has 0 fully saturated rings. The molecule has 0 spiro atoms. The van der Waals surface area contributed by atoms with Crippen molar-refractivity contribution in [3.05, 3.63) is 65.8 Å². The number of fused-ring (bicyclic) bond motifs is 1. The zero-order valence-electron chi connectivity index (χ0n) is 19.8. The monoisotopic (exact) mass is 545 g/mol. The van der Waals surface area contributed by atoms with Crippen LogP contribution in [0.5, 0.6) is 0 Å². The summed E-state index contributed by atoms with van der Waals surface area (Å²) in [6.07, 6.45) is 4.12. The summed E-state index contributed by atoms with van der Waals surface area (Å²) in [5.74, 6) is 0.759. The summed E-state index contributed by atoms with van der Waals surface area (Å²) in [6, 6.07) is 14.6. The molecule has 2 aromatic heterocycles. The molecule has 0 amide bonds. The topological polar surface area (TPSA) is 123 Å². The van der Waals surface area contributed by atoms with Gasteiger partial charge in [-0.25, -0.2) is 26.5 Å². The van der Waals surface area contributed by atoms with Crippen LogP contribution in [-0.4, -0.2) is 58.6 Å². The number of hydrogen-bond acceptors (Lipinski definition) is 7. The molecule has 0 saturated heterocycles. The van der Waals surface area contributed by atoms with Crippen LogP contribution in [0.15, 0.2) is 70.6 Å². The molecular weight excluding hydrogens is 521 g/mol. The second-order valence-corrected chi connectivity index (χ2v) is 12.5. The third kappa shape index (κ3) is 5.89. The Morgan fingerprint density at radius 3 is 2.33 bits per heavy atom. The minimum atomic E-state index is -3.73. The molecule has 0 atom stereocenters. The highest BCUT2D eigenvalue weighted by Gasteiger charge is 2.15. The zero-order chi connectivity index (χ0) is 25.9. The van der Waals surface area contributed by atoms with E-state index in [1.807, 2.05) is 38.2 Å². The highest BCUT2D eigenvalue weighted by Crippen LogP contribution is 2.28. The van der Waals surface area contributed by atoms with Gasteiger partial charge < -0.3 is 5.32 Å². The van der Waals surface area contributed by atoms with E-state index in [9.17, 15) is 16.8 Å². The van der Waals surface area contributed by atoms with Crippen molar-refractivity contribution in [2.45, 2.75) is 22.6 Å². The molecule has 9 nitrogen and oxygen atoms in total. The quantitative estimate of drug-likeness (QED) is 0.230. The average Bonchev–Trinajstić information content (AvgIpc) is 3.22. The van der Waals surface area contributed by atoms with E-state index in [0.717, 1.165) is 34.4 Å². The van der Waals surface area contributed by atoms with Gasteiger partial charge in [0.2, 0.25) is 10.0 Å². The van der Waals surface area contributed by atoms with Crippen molar-refractivity contribution in [1.29, 1.82) is 0 Å². The van der Waals surface area contributed by atoms with Gasteiger partial charge in [-0.3, -0.25) is 0 Å². The molecule has 0 radical (unpaired) electrons. The fourth-order valence-corrected chi connectivity index (χ4v) is 5.56. The molecule has 188 valence electrons. The number of sulfonamides is 1. The summed E-state index contributed by atoms with van der Waals surface area (Å²) in [5.41, 5.74) is 3.22. The molecule has 2 N–H and O–H groups in total. The fraction of sp³-hybridized carbons (Fsp3) is 0.217. The Bertz CT molecular complexity index is 1610. The third-order valence-electron chi connectivity index (χ3n) is 5.56. The first-order chi connectivity index (χ1) is 17.1. The van der Waals surface area contributed by atoms with E-state index >= 15 is 0 Å². The molecular formula is C23H25BClN5O4S2. The van der Waals surface area contributed by atoms with Gasteiger partial charge in [-0.2, -0.15) is 9.61 Å². The molecule has 2 heterocycles. The van der Waals surface area contributed by atoms with Crippen molar-refractivity contribution in [1.82, 2.24) is 19.3 Å². The Morgan fingerprint density at radius 1 is 0.972 bits per heavy atom. The number of nitrogens with zero attached hydrogens (tertiary/aromatic N) is 3. The van der Waals surface area contributed by atoms with E-state index in [2.05, 4.69) is 15.1 Å². The van der Waals surface area contributed by atoms with Gasteiger partial charge in [0, 0.05) is 42.2 Å². The third-order valence-corrected chi connectivity index (χ3v) is 8.50. The minimum absolute atomic E-state index is 0.0216. The maximum atomic E-state index is 12.5. The summed E-state index contributed by atoms with van der Waals surface area (Å²) in [5, 5.41) is 8.38. The Morgan fingerprint density at radius 2 is 1.64 bits per heavy atom. The maximum absolute atomic E-state index is 12.5. The SMILES string of the molecule is Bc1cnn2c(NCCCCNS(=O)(=O)c3ccc(S(C)(=O)=O)cc3)cc(-c3ccccc3Cl)nc12. The van der Waals surface area contributed by atoms with Crippen molar-refractivity contribution < 1.29 is 16.8 Å². The van der Waals surface area contributed by atoms with Gasteiger partial charge in [-0.1, -0.05) is 29.8 Å². The van der Waals surface area contributed by atoms with E-state index in [-0.39, 0.29) is 16.3 Å². The molecule has 0 unspecified atom stereocenters. The molecule has 13 heteroatoms. The summed E-state index contributed by atoms with van der Waals surface area (Å²) >= 11 is 6.38. The number of rotatable bonds is 10. The van der Waals surface area contributed by atoms with Crippen molar-refractivity contribution >= 4 is 56.2 Å². The van der Waals surface area contributed by atoms with Gasteiger partial charge in [0.1, 0.15) is 13.7 Å². The molecule has 0 aliphatic rings. The Labute approximate surface area is 216 Å². The van der Waals surface area contributed by atoms with Crippen LogP contribution in [0.25, 0.3) is 16.9 Å². The first-order valence-electron chi connectivity index (χ1n) is 11.2. The van der Waals surface area contributed by atoms with Gasteiger partial charge in [-0.15, -0.1) is 0 Å². The predicted molar refractivity (Wildman–Crippen MR) is 144 cm³/mol. The Kier molecular flexibility index (Phi) is 7.69. The van der Waals surface area contributed by atoms with E-state index in [4.69, 9.17) is 16.6 Å². The predicted octanol–water partition coefficient (Wildman–Crippen LogP) is 1.88. The second kappa shape index (κ2) is 10.6. The Hall–Kier alpha value is -2.93. The normalized spacial score (nSPS) is 12.2. The highest BCUT2D eigenvalue weighted by molar-refractivity contribution is 7.90. The molecule has 4 rings (SSSR count). The lowest BCUT2D eigenvalue weighted by molar-refractivity contribution is 0.577. The van der Waals surface area contributed by atoms with E-state index in [1.54, 1.807) is 10.7 Å². The molecule has 36 heavy (non-hydrogen) atoms. The standard InChI is InChI=1S/C23H25BClN5O4S2/c1-35(31,32)16-8-10-17(11-9-16)36(33,34)28-13-5-4-12-26-22-14-21(18-6-2-3-7-20(18)25)29-23-19(24)15-27-30(22)23/h2-3,6-11,14-15,26,28H,4-5,12-13,24H2,1H3. The number of halogens is 1. The van der Waals surface area contributed by atoms with Crippen molar-refractivity contribution in [2.24, 2.45) is 0 Å². The lowest BCUT2D eigenvalue weighted by atomic mass is 10.0. The molecule has 0 aliphatic heterocycles. The molecule has 0 saturated carbocycles. The smallest absolute Gasteiger partial charge is 0.240 e. The van der Waals surface area contributed by atoms with E-state index in [1.165, 1.54) is 24.3 Å². The number of unbranched alkanes of at least 4 members (excludes halogenated alkanes) is 1. The number of nitrogens with one attached hydrogen (secondary N) is 2. The van der Waals surface area contributed by atoms with Crippen molar-refractivity contribution in [3.63, 3.8) is 0 Å². The fourth-order valence-electron chi connectivity index (χ4n) is 3.63. The lowest BCUT2D eigenvalue weighted by Crippen LogP contribution is -2.25. The number of benzene rings is 2. The summed E-state index contributed by atoms with van der Waals surface area (Å²) in [7, 11) is -5.17. The Balaban J connectivity index is 1.36. The van der Waals surface area contributed by atoms with Crippen LogP contribution in [0.3, 0.4) is 0 Å². The van der Waals surface area contributed by atoms with Crippen LogP contribution in [0.4, 0.5) is 5.82 Å². The number of hydrogen-bond donors (Lipinski definition) is 2. The van der Waals surface area contributed by atoms with Crippen LogP contribution >= 0.6 is 11.6 Å². The van der Waals surface area contributed by atoms with Gasteiger partial charge in [0.05, 0.1) is 15.5 Å². The number of anilines is 1. The van der Waals surface area contributed by atoms with Crippen LogP contribution in [-0.2, 0) is 19.9 Å². The summed E-state index contributed by atoms with van der Waals surface area (Å²) in [6.45, 7) is 0.833. The largest absolute Gasteiger partial charge is 0.370 e. The summed E-state index contributed by atoms with van der Waals surface area (Å²) < 4.78 is 52.4. The molecule has 4 aromatic rings. The van der Waals surface area contributed by atoms with Crippen molar-refractivity contribution in [3.8, 4) is 11.3 Å². The summed E-state index contributed by atoms with van der Waals surface area (Å²) in [4.78, 5) is 4.82. The minimum Gasteiger partial charge on any atom is -0.370 e.